The van der Waals surface area contributed by atoms with Crippen molar-refractivity contribution >= 4 is 21.6 Å². The van der Waals surface area contributed by atoms with E-state index in [4.69, 9.17) is 9.47 Å². The van der Waals surface area contributed by atoms with Crippen LogP contribution in [0.25, 0.3) is 0 Å². The highest BCUT2D eigenvalue weighted by atomic mass is 32.2. The summed E-state index contributed by atoms with van der Waals surface area (Å²) in [5, 5.41) is 3.16. The van der Waals surface area contributed by atoms with E-state index >= 15 is 0 Å². The van der Waals surface area contributed by atoms with Gasteiger partial charge in [0.1, 0.15) is 17.1 Å². The molecule has 0 saturated heterocycles. The zero-order valence-corrected chi connectivity index (χ0v) is 22.1. The monoisotopic (exact) mass is 520 g/mol. The largest absolute Gasteiger partial charge is 0.487 e. The Morgan fingerprint density at radius 3 is 2.43 bits per heavy atom. The Morgan fingerprint density at radius 1 is 1.00 bits per heavy atom. The van der Waals surface area contributed by atoms with Crippen LogP contribution in [0.3, 0.4) is 0 Å². The van der Waals surface area contributed by atoms with Gasteiger partial charge < -0.3 is 14.8 Å². The fourth-order valence-electron chi connectivity index (χ4n) is 5.14. The molecule has 0 fully saturated rings. The Hall–Kier alpha value is -3.52. The van der Waals surface area contributed by atoms with Gasteiger partial charge in [0.2, 0.25) is 0 Å². The number of para-hydroxylation sites is 1. The van der Waals surface area contributed by atoms with Gasteiger partial charge in [-0.25, -0.2) is 8.42 Å². The molecular weight excluding hydrogens is 488 g/mol. The van der Waals surface area contributed by atoms with Crippen LogP contribution in [0.1, 0.15) is 50.3 Å². The van der Waals surface area contributed by atoms with Crippen LogP contribution in [0.15, 0.2) is 77.7 Å². The Balaban J connectivity index is 1.47. The summed E-state index contributed by atoms with van der Waals surface area (Å²) in [6.45, 7) is 5.95. The lowest BCUT2D eigenvalue weighted by Crippen LogP contribution is -2.52. The molecule has 5 rings (SSSR count). The second-order valence-corrected chi connectivity index (χ2v) is 11.6. The van der Waals surface area contributed by atoms with Crippen molar-refractivity contribution in [2.24, 2.45) is 0 Å². The minimum Gasteiger partial charge on any atom is -0.487 e. The van der Waals surface area contributed by atoms with Crippen LogP contribution in [0.2, 0.25) is 0 Å². The number of hydrogen-bond donors (Lipinski definition) is 1. The van der Waals surface area contributed by atoms with E-state index in [9.17, 15) is 13.2 Å². The smallest absolute Gasteiger partial charge is 0.264 e. The molecular formula is C29H32N2O5S. The fourth-order valence-corrected chi connectivity index (χ4v) is 6.64. The zero-order chi connectivity index (χ0) is 26.2. The molecule has 0 aliphatic carbocycles. The lowest BCUT2D eigenvalue weighted by atomic mass is 9.83. The molecule has 37 heavy (non-hydrogen) atoms. The SMILES string of the molecule is CCC1(CC)CC(NC(=O)C2CN(S(=O)(=O)c3ccccc3)c3ccc(C)cc3O2)c2ccccc2O1. The van der Waals surface area contributed by atoms with Crippen LogP contribution in [-0.4, -0.2) is 32.6 Å². The maximum atomic E-state index is 13.7. The zero-order valence-electron chi connectivity index (χ0n) is 21.3. The number of nitrogens with zero attached hydrogens (tertiary/aromatic N) is 1. The van der Waals surface area contributed by atoms with E-state index in [2.05, 4.69) is 19.2 Å². The minimum absolute atomic E-state index is 0.128. The Morgan fingerprint density at radius 2 is 1.70 bits per heavy atom. The summed E-state index contributed by atoms with van der Waals surface area (Å²) in [5.41, 5.74) is 1.86. The Kier molecular flexibility index (Phi) is 6.62. The normalized spacial score (nSPS) is 20.1. The van der Waals surface area contributed by atoms with E-state index in [1.807, 2.05) is 37.3 Å². The summed E-state index contributed by atoms with van der Waals surface area (Å²) in [6.07, 6.45) is 1.22. The van der Waals surface area contributed by atoms with Gasteiger partial charge in [-0.05, 0) is 55.7 Å². The molecule has 7 nitrogen and oxygen atoms in total. The van der Waals surface area contributed by atoms with Crippen molar-refractivity contribution in [1.29, 1.82) is 0 Å². The molecule has 2 heterocycles. The first-order valence-electron chi connectivity index (χ1n) is 12.7. The summed E-state index contributed by atoms with van der Waals surface area (Å²) in [5.74, 6) is 0.777. The third kappa shape index (κ3) is 4.66. The first-order chi connectivity index (χ1) is 17.8. The van der Waals surface area contributed by atoms with Crippen LogP contribution >= 0.6 is 0 Å². The maximum Gasteiger partial charge on any atom is 0.264 e. The number of fused-ring (bicyclic) bond motifs is 2. The highest BCUT2D eigenvalue weighted by Gasteiger charge is 2.42. The van der Waals surface area contributed by atoms with Gasteiger partial charge in [0.05, 0.1) is 23.2 Å². The number of anilines is 1. The van der Waals surface area contributed by atoms with Crippen LogP contribution in [0.5, 0.6) is 11.5 Å². The number of rotatable bonds is 6. The molecule has 2 unspecified atom stereocenters. The van der Waals surface area contributed by atoms with Crippen molar-refractivity contribution in [3.8, 4) is 11.5 Å². The highest BCUT2D eigenvalue weighted by molar-refractivity contribution is 7.92. The molecule has 1 N–H and O–H groups in total. The highest BCUT2D eigenvalue weighted by Crippen LogP contribution is 2.43. The lowest BCUT2D eigenvalue weighted by Gasteiger charge is -2.42. The number of nitrogens with one attached hydrogen (secondary N) is 1. The van der Waals surface area contributed by atoms with E-state index in [0.717, 1.165) is 29.7 Å². The molecule has 0 bridgehead atoms. The number of ether oxygens (including phenoxy) is 2. The van der Waals surface area contributed by atoms with Crippen molar-refractivity contribution in [2.75, 3.05) is 10.8 Å². The summed E-state index contributed by atoms with van der Waals surface area (Å²) in [6, 6.07) is 21.0. The van der Waals surface area contributed by atoms with Gasteiger partial charge >= 0.3 is 0 Å². The fraction of sp³-hybridized carbons (Fsp3) is 0.345. The molecule has 3 aromatic rings. The first kappa shape index (κ1) is 25.1. The molecule has 0 aromatic heterocycles. The first-order valence-corrected chi connectivity index (χ1v) is 14.1. The number of sulfonamides is 1. The Bertz CT molecular complexity index is 1400. The third-order valence-electron chi connectivity index (χ3n) is 7.41. The van der Waals surface area contributed by atoms with Crippen LogP contribution in [0, 0.1) is 6.92 Å². The molecule has 1 amide bonds. The molecule has 0 saturated carbocycles. The standard InChI is InChI=1S/C29H32N2O5S/c1-4-29(5-2)18-23(22-13-9-10-14-25(22)36-29)30-28(32)27-19-31(24-16-15-20(3)17-26(24)35-27)37(33,34)21-11-7-6-8-12-21/h6-17,23,27H,4-5,18-19H2,1-3H3,(H,30,32). The number of carbonyl (C=O) groups is 1. The molecule has 8 heteroatoms. The lowest BCUT2D eigenvalue weighted by molar-refractivity contribution is -0.129. The molecule has 2 atom stereocenters. The minimum atomic E-state index is -3.91. The molecule has 2 aliphatic heterocycles. The molecule has 194 valence electrons. The van der Waals surface area contributed by atoms with Gasteiger partial charge in [-0.2, -0.15) is 0 Å². The number of carbonyl (C=O) groups excluding carboxylic acids is 1. The summed E-state index contributed by atoms with van der Waals surface area (Å²) in [7, 11) is -3.91. The van der Waals surface area contributed by atoms with Gasteiger partial charge in [-0.15, -0.1) is 0 Å². The van der Waals surface area contributed by atoms with Crippen LogP contribution < -0.4 is 19.1 Å². The molecule has 0 spiro atoms. The quantitative estimate of drug-likeness (QED) is 0.486. The number of hydrogen-bond acceptors (Lipinski definition) is 5. The van der Waals surface area contributed by atoms with Gasteiger partial charge in [-0.1, -0.05) is 56.3 Å². The predicted octanol–water partition coefficient (Wildman–Crippen LogP) is 5.15. The van der Waals surface area contributed by atoms with Gasteiger partial charge in [0.25, 0.3) is 15.9 Å². The summed E-state index contributed by atoms with van der Waals surface area (Å²) < 4.78 is 41.1. The number of benzene rings is 3. The van der Waals surface area contributed by atoms with Crippen molar-refractivity contribution < 1.29 is 22.7 Å². The van der Waals surface area contributed by atoms with Gasteiger partial charge in [-0.3, -0.25) is 9.10 Å². The average Bonchev–Trinajstić information content (AvgIpc) is 2.92. The molecule has 3 aromatic carbocycles. The topological polar surface area (TPSA) is 84.9 Å². The maximum absolute atomic E-state index is 13.7. The van der Waals surface area contributed by atoms with Gasteiger partial charge in [0, 0.05) is 12.0 Å². The van der Waals surface area contributed by atoms with E-state index < -0.39 is 16.1 Å². The number of aryl methyl sites for hydroxylation is 1. The van der Waals surface area contributed by atoms with E-state index in [-0.39, 0.29) is 29.0 Å². The van der Waals surface area contributed by atoms with Crippen LogP contribution in [0.4, 0.5) is 5.69 Å². The van der Waals surface area contributed by atoms with Crippen LogP contribution in [-0.2, 0) is 14.8 Å². The molecule has 0 radical (unpaired) electrons. The second-order valence-electron chi connectivity index (χ2n) is 9.72. The summed E-state index contributed by atoms with van der Waals surface area (Å²) in [4.78, 5) is 13.8. The average molecular weight is 521 g/mol. The van der Waals surface area contributed by atoms with E-state index in [1.54, 1.807) is 42.5 Å². The Labute approximate surface area is 218 Å². The van der Waals surface area contributed by atoms with Gasteiger partial charge in [0.15, 0.2) is 6.10 Å². The van der Waals surface area contributed by atoms with Crippen molar-refractivity contribution in [2.45, 2.75) is 62.7 Å². The summed E-state index contributed by atoms with van der Waals surface area (Å²) >= 11 is 0. The predicted molar refractivity (Wildman–Crippen MR) is 142 cm³/mol. The van der Waals surface area contributed by atoms with Crippen molar-refractivity contribution in [1.82, 2.24) is 5.32 Å². The third-order valence-corrected chi connectivity index (χ3v) is 9.20. The van der Waals surface area contributed by atoms with Crippen molar-refractivity contribution in [3.05, 3.63) is 83.9 Å². The second kappa shape index (κ2) is 9.74. The number of amides is 1. The van der Waals surface area contributed by atoms with E-state index in [0.29, 0.717) is 17.9 Å². The molecule has 2 aliphatic rings. The van der Waals surface area contributed by atoms with Crippen molar-refractivity contribution in [3.63, 3.8) is 0 Å². The van der Waals surface area contributed by atoms with E-state index in [1.165, 1.54) is 4.31 Å².